The van der Waals surface area contributed by atoms with Crippen molar-refractivity contribution in [2.45, 2.75) is 19.9 Å². The number of nitrogens with zero attached hydrogens (tertiary/aromatic N) is 1. The summed E-state index contributed by atoms with van der Waals surface area (Å²) in [5.74, 6) is 1.69. The number of hydrogen-bond donors (Lipinski definition) is 1. The molecule has 0 bridgehead atoms. The van der Waals surface area contributed by atoms with Gasteiger partial charge in [0.05, 0.1) is 26.0 Å². The molecule has 1 unspecified atom stereocenters. The largest absolute Gasteiger partial charge is 0.496 e. The summed E-state index contributed by atoms with van der Waals surface area (Å²) in [6.07, 6.45) is 3.60. The minimum absolute atomic E-state index is 0.0718. The third-order valence-corrected chi connectivity index (χ3v) is 3.42. The van der Waals surface area contributed by atoms with Crippen molar-refractivity contribution >= 4 is 0 Å². The zero-order valence-corrected chi connectivity index (χ0v) is 13.0. The van der Waals surface area contributed by atoms with Crippen molar-refractivity contribution in [3.8, 4) is 11.5 Å². The monoisotopic (exact) mass is 286 g/mol. The highest BCUT2D eigenvalue weighted by molar-refractivity contribution is 5.41. The molecule has 2 rings (SSSR count). The molecule has 0 radical (unpaired) electrons. The molecule has 1 aromatic heterocycles. The van der Waals surface area contributed by atoms with Gasteiger partial charge in [-0.1, -0.05) is 12.1 Å². The fourth-order valence-corrected chi connectivity index (χ4v) is 2.45. The average molecular weight is 286 g/mol. The first-order valence-electron chi connectivity index (χ1n) is 7.09. The Kier molecular flexibility index (Phi) is 5.17. The highest BCUT2D eigenvalue weighted by atomic mass is 16.5. The summed E-state index contributed by atoms with van der Waals surface area (Å²) in [5, 5.41) is 3.33. The van der Waals surface area contributed by atoms with E-state index in [0.29, 0.717) is 6.61 Å². The standard InChI is InChI=1S/C17H22N2O2/c1-5-21-15-9-14(10-19-11-15)17(18-3)13-6-7-16(20-4)12(2)8-13/h6-11,17-18H,5H2,1-4H3. The molecule has 1 atom stereocenters. The summed E-state index contributed by atoms with van der Waals surface area (Å²) < 4.78 is 10.8. The number of hydrogen-bond acceptors (Lipinski definition) is 4. The Morgan fingerprint density at radius 3 is 2.62 bits per heavy atom. The van der Waals surface area contributed by atoms with Crippen molar-refractivity contribution in [1.29, 1.82) is 0 Å². The Bertz CT molecular complexity index is 599. The lowest BCUT2D eigenvalue weighted by atomic mass is 9.98. The van der Waals surface area contributed by atoms with Crippen molar-refractivity contribution in [1.82, 2.24) is 10.3 Å². The van der Waals surface area contributed by atoms with Gasteiger partial charge in [-0.05, 0) is 49.7 Å². The van der Waals surface area contributed by atoms with Crippen LogP contribution >= 0.6 is 0 Å². The van der Waals surface area contributed by atoms with Crippen molar-refractivity contribution < 1.29 is 9.47 Å². The summed E-state index contributed by atoms with van der Waals surface area (Å²) in [4.78, 5) is 4.26. The van der Waals surface area contributed by atoms with E-state index in [4.69, 9.17) is 9.47 Å². The van der Waals surface area contributed by atoms with Gasteiger partial charge >= 0.3 is 0 Å². The van der Waals surface area contributed by atoms with E-state index in [9.17, 15) is 0 Å². The number of nitrogens with one attached hydrogen (secondary N) is 1. The van der Waals surface area contributed by atoms with Crippen molar-refractivity contribution in [2.24, 2.45) is 0 Å². The summed E-state index contributed by atoms with van der Waals surface area (Å²) in [5.41, 5.74) is 3.36. The molecular weight excluding hydrogens is 264 g/mol. The predicted molar refractivity (Wildman–Crippen MR) is 84.0 cm³/mol. The number of methoxy groups -OCH3 is 1. The molecule has 0 amide bonds. The van der Waals surface area contributed by atoms with Gasteiger partial charge in [0.2, 0.25) is 0 Å². The van der Waals surface area contributed by atoms with Crippen molar-refractivity contribution in [3.63, 3.8) is 0 Å². The maximum atomic E-state index is 5.53. The second-order valence-corrected chi connectivity index (χ2v) is 4.84. The summed E-state index contributed by atoms with van der Waals surface area (Å²) in [6, 6.07) is 8.29. The first-order chi connectivity index (χ1) is 10.2. The quantitative estimate of drug-likeness (QED) is 0.886. The minimum Gasteiger partial charge on any atom is -0.496 e. The Morgan fingerprint density at radius 2 is 2.00 bits per heavy atom. The Hall–Kier alpha value is -2.07. The van der Waals surface area contributed by atoms with E-state index >= 15 is 0 Å². The number of aromatic nitrogens is 1. The zero-order chi connectivity index (χ0) is 15.2. The summed E-state index contributed by atoms with van der Waals surface area (Å²) in [6.45, 7) is 4.65. The molecule has 0 saturated heterocycles. The SMILES string of the molecule is CCOc1cncc(C(NC)c2ccc(OC)c(C)c2)c1. The van der Waals surface area contributed by atoms with Crippen molar-refractivity contribution in [3.05, 3.63) is 53.3 Å². The van der Waals surface area contributed by atoms with E-state index < -0.39 is 0 Å². The Morgan fingerprint density at radius 1 is 1.19 bits per heavy atom. The smallest absolute Gasteiger partial charge is 0.137 e. The minimum atomic E-state index is 0.0718. The van der Waals surface area contributed by atoms with Gasteiger partial charge in [-0.25, -0.2) is 0 Å². The molecule has 4 heteroatoms. The van der Waals surface area contributed by atoms with Crippen LogP contribution in [-0.2, 0) is 0 Å². The molecule has 0 aliphatic rings. The topological polar surface area (TPSA) is 43.4 Å². The van der Waals surface area contributed by atoms with E-state index in [2.05, 4.69) is 22.4 Å². The highest BCUT2D eigenvalue weighted by Crippen LogP contribution is 2.27. The molecule has 0 aliphatic carbocycles. The zero-order valence-electron chi connectivity index (χ0n) is 13.0. The molecule has 0 spiro atoms. The van der Waals surface area contributed by atoms with Crippen LogP contribution in [0.4, 0.5) is 0 Å². The van der Waals surface area contributed by atoms with Crippen LogP contribution in [0.1, 0.15) is 29.7 Å². The number of aryl methyl sites for hydroxylation is 1. The Labute approximate surface area is 126 Å². The number of pyridine rings is 1. The van der Waals surface area contributed by atoms with Crippen LogP contribution in [0, 0.1) is 6.92 Å². The average Bonchev–Trinajstić information content (AvgIpc) is 2.49. The number of benzene rings is 1. The van der Waals surface area contributed by atoms with Gasteiger partial charge < -0.3 is 14.8 Å². The first-order valence-corrected chi connectivity index (χ1v) is 7.09. The molecule has 21 heavy (non-hydrogen) atoms. The first kappa shape index (κ1) is 15.3. The summed E-state index contributed by atoms with van der Waals surface area (Å²) >= 11 is 0. The van der Waals surface area contributed by atoms with Gasteiger partial charge in [0, 0.05) is 6.20 Å². The lowest BCUT2D eigenvalue weighted by Crippen LogP contribution is -2.18. The van der Waals surface area contributed by atoms with Crippen molar-refractivity contribution in [2.75, 3.05) is 20.8 Å². The van der Waals surface area contributed by atoms with E-state index in [0.717, 1.165) is 22.6 Å². The fraction of sp³-hybridized carbons (Fsp3) is 0.353. The third-order valence-electron chi connectivity index (χ3n) is 3.42. The van der Waals surface area contributed by atoms with E-state index in [1.807, 2.05) is 39.2 Å². The molecular formula is C17H22N2O2. The molecule has 1 N–H and O–H groups in total. The van der Waals surface area contributed by atoms with Gasteiger partial charge in [-0.15, -0.1) is 0 Å². The molecule has 0 aliphatic heterocycles. The second kappa shape index (κ2) is 7.09. The van der Waals surface area contributed by atoms with Crippen LogP contribution in [0.3, 0.4) is 0 Å². The van der Waals surface area contributed by atoms with E-state index in [1.165, 1.54) is 5.56 Å². The lowest BCUT2D eigenvalue weighted by Gasteiger charge is -2.19. The van der Waals surface area contributed by atoms with Crippen LogP contribution in [-0.4, -0.2) is 25.7 Å². The highest BCUT2D eigenvalue weighted by Gasteiger charge is 2.14. The van der Waals surface area contributed by atoms with Gasteiger partial charge in [0.1, 0.15) is 11.5 Å². The maximum Gasteiger partial charge on any atom is 0.137 e. The fourth-order valence-electron chi connectivity index (χ4n) is 2.45. The third kappa shape index (κ3) is 3.52. The normalized spacial score (nSPS) is 12.0. The lowest BCUT2D eigenvalue weighted by molar-refractivity contribution is 0.338. The molecule has 0 fully saturated rings. The second-order valence-electron chi connectivity index (χ2n) is 4.84. The summed E-state index contributed by atoms with van der Waals surface area (Å²) in [7, 11) is 3.63. The van der Waals surface area contributed by atoms with E-state index in [-0.39, 0.29) is 6.04 Å². The molecule has 1 aromatic carbocycles. The van der Waals surface area contributed by atoms with Crippen LogP contribution in [0.25, 0.3) is 0 Å². The molecule has 1 heterocycles. The Balaban J connectivity index is 2.34. The molecule has 4 nitrogen and oxygen atoms in total. The van der Waals surface area contributed by atoms with E-state index in [1.54, 1.807) is 13.3 Å². The van der Waals surface area contributed by atoms with Crippen LogP contribution < -0.4 is 14.8 Å². The number of rotatable bonds is 6. The molecule has 112 valence electrons. The van der Waals surface area contributed by atoms with Crippen LogP contribution in [0.2, 0.25) is 0 Å². The predicted octanol–water partition coefficient (Wildman–Crippen LogP) is 3.11. The van der Waals surface area contributed by atoms with Gasteiger partial charge in [0.15, 0.2) is 0 Å². The molecule has 2 aromatic rings. The molecule has 0 saturated carbocycles. The van der Waals surface area contributed by atoms with Gasteiger partial charge in [0.25, 0.3) is 0 Å². The van der Waals surface area contributed by atoms with Gasteiger partial charge in [-0.2, -0.15) is 0 Å². The number of ether oxygens (including phenoxy) is 2. The maximum absolute atomic E-state index is 5.53. The van der Waals surface area contributed by atoms with Gasteiger partial charge in [-0.3, -0.25) is 4.98 Å². The van der Waals surface area contributed by atoms with Crippen LogP contribution in [0.15, 0.2) is 36.7 Å². The van der Waals surface area contributed by atoms with Crippen LogP contribution in [0.5, 0.6) is 11.5 Å².